The molecule has 0 aliphatic carbocycles. The smallest absolute Gasteiger partial charge is 0.248 e. The first-order valence-corrected chi connectivity index (χ1v) is 14.1. The first kappa shape index (κ1) is 31.1. The van der Waals surface area contributed by atoms with Crippen molar-refractivity contribution in [1.82, 2.24) is 10.5 Å². The molecule has 43 heavy (non-hydrogen) atoms. The van der Waals surface area contributed by atoms with E-state index in [2.05, 4.69) is 15.8 Å². The predicted molar refractivity (Wildman–Crippen MR) is 165 cm³/mol. The lowest BCUT2D eigenvalue weighted by atomic mass is 9.96. The van der Waals surface area contributed by atoms with E-state index >= 15 is 0 Å². The normalized spacial score (nSPS) is 12.0. The molecule has 2 N–H and O–H groups in total. The largest absolute Gasteiger partial charge is 0.493 e. The highest BCUT2D eigenvalue weighted by Gasteiger charge is 2.38. The number of benzene rings is 3. The molecule has 0 bridgehead atoms. The summed E-state index contributed by atoms with van der Waals surface area (Å²) in [7, 11) is 3.01. The molecule has 1 heterocycles. The van der Waals surface area contributed by atoms with Gasteiger partial charge in [0.25, 0.3) is 0 Å². The fourth-order valence-corrected chi connectivity index (χ4v) is 4.82. The fraction of sp³-hybridized carbons (Fsp3) is 0.333. The maximum Gasteiger partial charge on any atom is 0.248 e. The minimum atomic E-state index is -1.16. The number of methoxy groups -OCH3 is 2. The molecule has 10 heteroatoms. The number of ether oxygens (including phenoxy) is 2. The summed E-state index contributed by atoms with van der Waals surface area (Å²) in [6, 6.07) is 18.9. The van der Waals surface area contributed by atoms with E-state index in [1.807, 2.05) is 57.2 Å². The number of nitrogens with zero attached hydrogens (tertiary/aromatic N) is 2. The van der Waals surface area contributed by atoms with E-state index in [4.69, 9.17) is 14.0 Å². The molecule has 0 saturated heterocycles. The lowest BCUT2D eigenvalue weighted by Crippen LogP contribution is -2.50. The van der Waals surface area contributed by atoms with Crippen LogP contribution in [0.25, 0.3) is 10.8 Å². The Morgan fingerprint density at radius 3 is 2.37 bits per heavy atom. The van der Waals surface area contributed by atoms with Crippen molar-refractivity contribution in [1.29, 1.82) is 0 Å². The second-order valence-corrected chi connectivity index (χ2v) is 10.8. The van der Waals surface area contributed by atoms with Crippen LogP contribution >= 0.6 is 0 Å². The van der Waals surface area contributed by atoms with Crippen LogP contribution in [-0.2, 0) is 14.4 Å². The molecular formula is C33H38N4O6. The van der Waals surface area contributed by atoms with Crippen LogP contribution in [0, 0.1) is 6.92 Å². The van der Waals surface area contributed by atoms with Crippen LogP contribution in [0.3, 0.4) is 0 Å². The highest BCUT2D eigenvalue weighted by atomic mass is 16.5. The lowest BCUT2D eigenvalue weighted by molar-refractivity contribution is -0.128. The number of hydrogen-bond donors (Lipinski definition) is 2. The van der Waals surface area contributed by atoms with E-state index in [9.17, 15) is 14.4 Å². The number of carbonyl (C=O) groups is 3. The third kappa shape index (κ3) is 7.14. The van der Waals surface area contributed by atoms with Gasteiger partial charge in [0.1, 0.15) is 11.8 Å². The van der Waals surface area contributed by atoms with Gasteiger partial charge >= 0.3 is 0 Å². The van der Waals surface area contributed by atoms with Gasteiger partial charge in [0, 0.05) is 35.4 Å². The molecule has 1 atom stereocenters. The van der Waals surface area contributed by atoms with Crippen molar-refractivity contribution in [2.45, 2.75) is 58.5 Å². The van der Waals surface area contributed by atoms with Gasteiger partial charge in [-0.25, -0.2) is 0 Å². The molecule has 0 saturated carbocycles. The van der Waals surface area contributed by atoms with Crippen LogP contribution in [0.1, 0.15) is 57.4 Å². The summed E-state index contributed by atoms with van der Waals surface area (Å²) >= 11 is 0. The monoisotopic (exact) mass is 586 g/mol. The number of fused-ring (bicyclic) bond motifs is 1. The first-order valence-electron chi connectivity index (χ1n) is 14.1. The molecule has 0 spiro atoms. The average Bonchev–Trinajstić information content (AvgIpc) is 3.41. The molecule has 4 aromatic rings. The van der Waals surface area contributed by atoms with Crippen LogP contribution in [0.2, 0.25) is 0 Å². The molecule has 0 radical (unpaired) electrons. The summed E-state index contributed by atoms with van der Waals surface area (Å²) in [6.45, 7) is 7.53. The number of rotatable bonds is 12. The van der Waals surface area contributed by atoms with Crippen molar-refractivity contribution in [2.75, 3.05) is 24.4 Å². The minimum absolute atomic E-state index is 0.143. The van der Waals surface area contributed by atoms with Crippen molar-refractivity contribution in [3.8, 4) is 11.5 Å². The van der Waals surface area contributed by atoms with Gasteiger partial charge in [0.05, 0.1) is 19.9 Å². The van der Waals surface area contributed by atoms with Gasteiger partial charge in [-0.15, -0.1) is 0 Å². The average molecular weight is 587 g/mol. The fourth-order valence-electron chi connectivity index (χ4n) is 4.82. The van der Waals surface area contributed by atoms with E-state index in [0.29, 0.717) is 34.9 Å². The van der Waals surface area contributed by atoms with Crippen LogP contribution in [0.5, 0.6) is 11.5 Å². The quantitative estimate of drug-likeness (QED) is 0.210. The Morgan fingerprint density at radius 1 is 0.977 bits per heavy atom. The number of para-hydroxylation sites is 1. The molecule has 0 aliphatic rings. The van der Waals surface area contributed by atoms with Crippen molar-refractivity contribution in [3.05, 3.63) is 78.1 Å². The Hall–Kier alpha value is -4.86. The third-order valence-corrected chi connectivity index (χ3v) is 7.34. The zero-order chi connectivity index (χ0) is 31.1. The van der Waals surface area contributed by atoms with E-state index in [-0.39, 0.29) is 18.7 Å². The first-order chi connectivity index (χ1) is 20.6. The lowest BCUT2D eigenvalue weighted by Gasteiger charge is -2.36. The summed E-state index contributed by atoms with van der Waals surface area (Å²) in [5.41, 5.74) is 0.398. The molecule has 0 fully saturated rings. The SMILES string of the molecule is CCC(C)(C)NC(=O)C(c1cccc(OC)c1OC)N(C(=O)CCC(=O)Nc1cc(C)on1)c1cccc2ccccc12. The summed E-state index contributed by atoms with van der Waals surface area (Å²) in [6.07, 6.45) is 0.333. The van der Waals surface area contributed by atoms with Gasteiger partial charge in [-0.05, 0) is 44.7 Å². The Kier molecular flexibility index (Phi) is 9.70. The zero-order valence-corrected chi connectivity index (χ0v) is 25.4. The molecular weight excluding hydrogens is 548 g/mol. The Balaban J connectivity index is 1.84. The van der Waals surface area contributed by atoms with Gasteiger partial charge in [0.15, 0.2) is 17.3 Å². The predicted octanol–water partition coefficient (Wildman–Crippen LogP) is 5.95. The maximum absolute atomic E-state index is 14.3. The summed E-state index contributed by atoms with van der Waals surface area (Å²) in [4.78, 5) is 42.9. The van der Waals surface area contributed by atoms with Gasteiger partial charge in [-0.3, -0.25) is 19.3 Å². The second-order valence-electron chi connectivity index (χ2n) is 10.8. The molecule has 1 unspecified atom stereocenters. The zero-order valence-electron chi connectivity index (χ0n) is 25.4. The van der Waals surface area contributed by atoms with Gasteiger partial charge < -0.3 is 24.6 Å². The van der Waals surface area contributed by atoms with Gasteiger partial charge in [-0.2, -0.15) is 0 Å². The van der Waals surface area contributed by atoms with E-state index in [1.165, 1.54) is 19.1 Å². The number of aryl methyl sites for hydroxylation is 1. The van der Waals surface area contributed by atoms with Gasteiger partial charge in [-0.1, -0.05) is 60.6 Å². The maximum atomic E-state index is 14.3. The Bertz CT molecular complexity index is 1610. The summed E-state index contributed by atoms with van der Waals surface area (Å²) < 4.78 is 16.3. The van der Waals surface area contributed by atoms with Crippen molar-refractivity contribution < 1.29 is 28.4 Å². The Morgan fingerprint density at radius 2 is 1.70 bits per heavy atom. The molecule has 4 rings (SSSR count). The minimum Gasteiger partial charge on any atom is -0.493 e. The van der Waals surface area contributed by atoms with Crippen molar-refractivity contribution in [3.63, 3.8) is 0 Å². The highest BCUT2D eigenvalue weighted by Crippen LogP contribution is 2.41. The number of nitrogens with one attached hydrogen (secondary N) is 2. The van der Waals surface area contributed by atoms with Crippen LogP contribution < -0.4 is 25.0 Å². The molecule has 3 amide bonds. The van der Waals surface area contributed by atoms with Crippen molar-refractivity contribution >= 4 is 40.0 Å². The van der Waals surface area contributed by atoms with E-state index < -0.39 is 29.3 Å². The van der Waals surface area contributed by atoms with Crippen molar-refractivity contribution in [2.24, 2.45) is 0 Å². The molecule has 3 aromatic carbocycles. The van der Waals surface area contributed by atoms with Crippen LogP contribution in [0.15, 0.2) is 71.3 Å². The van der Waals surface area contributed by atoms with E-state index in [0.717, 1.165) is 10.8 Å². The van der Waals surface area contributed by atoms with Gasteiger partial charge in [0.2, 0.25) is 17.7 Å². The topological polar surface area (TPSA) is 123 Å². The Labute approximate surface area is 251 Å². The number of hydrogen-bond acceptors (Lipinski definition) is 7. The second kappa shape index (κ2) is 13.4. The standard InChI is InChI=1S/C33H38N4O6/c1-7-33(3,4)35-32(40)30(24-15-11-17-26(41-5)31(24)42-6)37(25-16-10-13-22-12-8-9-14-23(22)25)29(39)19-18-28(38)34-27-20-21(2)43-36-27/h8-17,20,30H,7,18-19H2,1-6H3,(H,35,40)(H,34,36,38). The molecule has 10 nitrogen and oxygen atoms in total. The summed E-state index contributed by atoms with van der Waals surface area (Å²) in [5.74, 6) is 0.318. The highest BCUT2D eigenvalue weighted by molar-refractivity contribution is 6.09. The number of carbonyl (C=O) groups excluding carboxylic acids is 3. The summed E-state index contributed by atoms with van der Waals surface area (Å²) in [5, 5.41) is 11.2. The van der Waals surface area contributed by atoms with Crippen LogP contribution in [-0.4, -0.2) is 42.6 Å². The van der Waals surface area contributed by atoms with E-state index in [1.54, 1.807) is 37.3 Å². The third-order valence-electron chi connectivity index (χ3n) is 7.34. The molecule has 0 aliphatic heterocycles. The molecule has 226 valence electrons. The molecule has 1 aromatic heterocycles. The van der Waals surface area contributed by atoms with Crippen LogP contribution in [0.4, 0.5) is 11.5 Å². The number of anilines is 2. The number of amides is 3. The number of aromatic nitrogens is 1.